The number of rotatable bonds is 5. The maximum atomic E-state index is 12.9. The molecule has 9 heteroatoms. The number of benzene rings is 2. The summed E-state index contributed by atoms with van der Waals surface area (Å²) >= 11 is 0. The lowest BCUT2D eigenvalue weighted by Crippen LogP contribution is -2.18. The van der Waals surface area contributed by atoms with Gasteiger partial charge in [0.25, 0.3) is 5.91 Å². The van der Waals surface area contributed by atoms with Crippen molar-refractivity contribution >= 4 is 18.1 Å². The highest BCUT2D eigenvalue weighted by Gasteiger charge is 2.30. The quantitative estimate of drug-likeness (QED) is 0.334. The van der Waals surface area contributed by atoms with Gasteiger partial charge in [-0.25, -0.2) is 10.2 Å². The number of hydrogen-bond donors (Lipinski definition) is 1. The van der Waals surface area contributed by atoms with Crippen molar-refractivity contribution in [2.75, 3.05) is 7.11 Å². The first-order valence-corrected chi connectivity index (χ1v) is 9.92. The van der Waals surface area contributed by atoms with E-state index in [4.69, 9.17) is 4.74 Å². The van der Waals surface area contributed by atoms with Crippen molar-refractivity contribution in [3.05, 3.63) is 87.7 Å². The second kappa shape index (κ2) is 9.32. The highest BCUT2D eigenvalue weighted by atomic mass is 19.4. The third-order valence-electron chi connectivity index (χ3n) is 5.16. The van der Waals surface area contributed by atoms with Crippen molar-refractivity contribution < 1.29 is 27.5 Å². The van der Waals surface area contributed by atoms with E-state index in [0.29, 0.717) is 11.1 Å². The summed E-state index contributed by atoms with van der Waals surface area (Å²) < 4.78 is 45.3. The van der Waals surface area contributed by atoms with Gasteiger partial charge in [-0.2, -0.15) is 18.3 Å². The number of esters is 1. The summed E-state index contributed by atoms with van der Waals surface area (Å²) in [6.45, 7) is 5.65. The van der Waals surface area contributed by atoms with E-state index >= 15 is 0 Å². The third-order valence-corrected chi connectivity index (χ3v) is 5.16. The van der Waals surface area contributed by atoms with E-state index in [-0.39, 0.29) is 5.56 Å². The maximum Gasteiger partial charge on any atom is 0.416 e. The molecule has 0 aliphatic heterocycles. The minimum Gasteiger partial charge on any atom is -0.465 e. The van der Waals surface area contributed by atoms with Crippen molar-refractivity contribution in [1.29, 1.82) is 0 Å². The molecule has 3 rings (SSSR count). The van der Waals surface area contributed by atoms with Crippen LogP contribution in [0.2, 0.25) is 0 Å². The number of hydrogen-bond acceptors (Lipinski definition) is 4. The lowest BCUT2D eigenvalue weighted by atomic mass is 10.1. The molecule has 1 aromatic heterocycles. The molecule has 1 heterocycles. The molecule has 3 aromatic rings. The van der Waals surface area contributed by atoms with Crippen LogP contribution >= 0.6 is 0 Å². The molecule has 1 N–H and O–H groups in total. The Labute approximate surface area is 188 Å². The van der Waals surface area contributed by atoms with E-state index in [1.165, 1.54) is 25.5 Å². The molecule has 0 fully saturated rings. The molecular formula is C24H22F3N3O3. The Hall–Kier alpha value is -3.88. The van der Waals surface area contributed by atoms with Crippen LogP contribution in [-0.4, -0.2) is 29.8 Å². The van der Waals surface area contributed by atoms with E-state index < -0.39 is 23.6 Å². The van der Waals surface area contributed by atoms with Gasteiger partial charge in [-0.15, -0.1) is 0 Å². The van der Waals surface area contributed by atoms with Crippen molar-refractivity contribution in [2.45, 2.75) is 26.9 Å². The molecule has 1 amide bonds. The number of carbonyl (C=O) groups excluding carboxylic acids is 2. The topological polar surface area (TPSA) is 72.7 Å². The van der Waals surface area contributed by atoms with Gasteiger partial charge in [0.2, 0.25) is 0 Å². The van der Waals surface area contributed by atoms with Crippen LogP contribution in [0, 0.1) is 20.8 Å². The van der Waals surface area contributed by atoms with Crippen LogP contribution in [0.25, 0.3) is 5.69 Å². The first-order valence-electron chi connectivity index (χ1n) is 9.92. The second-order valence-electron chi connectivity index (χ2n) is 7.43. The maximum absolute atomic E-state index is 12.9. The number of aryl methyl sites for hydroxylation is 2. The van der Waals surface area contributed by atoms with Gasteiger partial charge in [0.05, 0.1) is 24.5 Å². The number of ether oxygens (including phenoxy) is 1. The molecule has 33 heavy (non-hydrogen) atoms. The molecule has 0 aliphatic rings. The largest absolute Gasteiger partial charge is 0.465 e. The summed E-state index contributed by atoms with van der Waals surface area (Å²) in [6.07, 6.45) is -3.12. The van der Waals surface area contributed by atoms with E-state index in [9.17, 15) is 22.8 Å². The summed E-state index contributed by atoms with van der Waals surface area (Å²) in [7, 11) is 1.32. The van der Waals surface area contributed by atoms with E-state index in [1.807, 2.05) is 37.5 Å². The molecule has 172 valence electrons. The molecular weight excluding hydrogens is 435 g/mol. The summed E-state index contributed by atoms with van der Waals surface area (Å²) in [4.78, 5) is 24.2. The summed E-state index contributed by atoms with van der Waals surface area (Å²) in [5, 5.41) is 3.91. The zero-order chi connectivity index (χ0) is 24.3. The van der Waals surface area contributed by atoms with Crippen molar-refractivity contribution in [3.8, 4) is 5.69 Å². The molecule has 2 aromatic carbocycles. The molecule has 0 saturated heterocycles. The van der Waals surface area contributed by atoms with Gasteiger partial charge in [0, 0.05) is 28.2 Å². The van der Waals surface area contributed by atoms with E-state index in [1.54, 1.807) is 12.1 Å². The first kappa shape index (κ1) is 23.8. The number of alkyl halides is 3. The number of nitrogens with one attached hydrogen (secondary N) is 1. The standard InChI is InChI=1S/C24H22F3N3O3/c1-14-8-9-18(23(32)33-4)12-21(14)30-15(2)10-19(16(30)3)13-28-29-22(31)17-6-5-7-20(11-17)24(25,26)27/h5-13H,1-4H3,(H,29,31)/b28-13-. The molecule has 0 spiro atoms. The zero-order valence-electron chi connectivity index (χ0n) is 18.4. The molecule has 0 radical (unpaired) electrons. The average Bonchev–Trinajstić information content (AvgIpc) is 3.06. The molecule has 0 unspecified atom stereocenters. The Balaban J connectivity index is 1.84. The Bertz CT molecular complexity index is 1240. The Morgan fingerprint density at radius 1 is 1.03 bits per heavy atom. The van der Waals surface area contributed by atoms with E-state index in [0.717, 1.165) is 34.8 Å². The molecule has 0 bridgehead atoms. The van der Waals surface area contributed by atoms with Gasteiger partial charge in [0.1, 0.15) is 0 Å². The minimum absolute atomic E-state index is 0.150. The lowest BCUT2D eigenvalue weighted by Gasteiger charge is -2.14. The predicted octanol–water partition coefficient (Wildman–Crippen LogP) is 4.97. The van der Waals surface area contributed by atoms with Gasteiger partial charge >= 0.3 is 12.1 Å². The number of hydrazone groups is 1. The summed E-state index contributed by atoms with van der Waals surface area (Å²) in [5.41, 5.74) is 5.70. The number of methoxy groups -OCH3 is 1. The van der Waals surface area contributed by atoms with Crippen LogP contribution in [0.4, 0.5) is 13.2 Å². The van der Waals surface area contributed by atoms with Crippen molar-refractivity contribution in [1.82, 2.24) is 9.99 Å². The van der Waals surface area contributed by atoms with Crippen LogP contribution < -0.4 is 5.43 Å². The highest BCUT2D eigenvalue weighted by molar-refractivity contribution is 5.95. The Kier molecular flexibility index (Phi) is 6.71. The fraction of sp³-hybridized carbons (Fsp3) is 0.208. The lowest BCUT2D eigenvalue weighted by molar-refractivity contribution is -0.137. The monoisotopic (exact) mass is 457 g/mol. The number of aromatic nitrogens is 1. The third kappa shape index (κ3) is 5.14. The molecule has 0 saturated carbocycles. The fourth-order valence-electron chi connectivity index (χ4n) is 3.45. The number of amides is 1. The van der Waals surface area contributed by atoms with Crippen LogP contribution in [-0.2, 0) is 10.9 Å². The Morgan fingerprint density at radius 2 is 1.76 bits per heavy atom. The van der Waals surface area contributed by atoms with Gasteiger partial charge < -0.3 is 9.30 Å². The number of nitrogens with zero attached hydrogens (tertiary/aromatic N) is 2. The second-order valence-corrected chi connectivity index (χ2v) is 7.43. The van der Waals surface area contributed by atoms with Gasteiger partial charge in [-0.05, 0) is 62.7 Å². The molecule has 0 atom stereocenters. The fourth-order valence-corrected chi connectivity index (χ4v) is 3.45. The Morgan fingerprint density at radius 3 is 2.42 bits per heavy atom. The highest BCUT2D eigenvalue weighted by Crippen LogP contribution is 2.29. The van der Waals surface area contributed by atoms with Gasteiger partial charge in [-0.3, -0.25) is 4.79 Å². The van der Waals surface area contributed by atoms with Crippen molar-refractivity contribution in [3.63, 3.8) is 0 Å². The SMILES string of the molecule is COC(=O)c1ccc(C)c(-n2c(C)cc(/C=N\NC(=O)c3cccc(C(F)(F)F)c3)c2C)c1. The van der Waals surface area contributed by atoms with E-state index in [2.05, 4.69) is 10.5 Å². The van der Waals surface area contributed by atoms with Gasteiger partial charge in [0.15, 0.2) is 0 Å². The van der Waals surface area contributed by atoms with Crippen LogP contribution in [0.1, 0.15) is 48.8 Å². The summed E-state index contributed by atoms with van der Waals surface area (Å²) in [6, 6.07) is 11.2. The predicted molar refractivity (Wildman–Crippen MR) is 118 cm³/mol. The molecule has 0 aliphatic carbocycles. The summed E-state index contributed by atoms with van der Waals surface area (Å²) in [5.74, 6) is -1.20. The molecule has 6 nitrogen and oxygen atoms in total. The minimum atomic E-state index is -4.54. The van der Waals surface area contributed by atoms with Crippen LogP contribution in [0.5, 0.6) is 0 Å². The van der Waals surface area contributed by atoms with Crippen LogP contribution in [0.15, 0.2) is 53.6 Å². The first-order chi connectivity index (χ1) is 15.5. The van der Waals surface area contributed by atoms with Gasteiger partial charge in [-0.1, -0.05) is 12.1 Å². The smallest absolute Gasteiger partial charge is 0.416 e. The van der Waals surface area contributed by atoms with Crippen molar-refractivity contribution in [2.24, 2.45) is 5.10 Å². The average molecular weight is 457 g/mol. The van der Waals surface area contributed by atoms with Crippen LogP contribution in [0.3, 0.4) is 0 Å². The number of halogens is 3. The normalized spacial score (nSPS) is 11.6. The number of carbonyl (C=O) groups is 2. The zero-order valence-corrected chi connectivity index (χ0v) is 18.4.